The number of amides is 1. The lowest BCUT2D eigenvalue weighted by atomic mass is 9.96. The van der Waals surface area contributed by atoms with Crippen molar-refractivity contribution in [3.8, 4) is 0 Å². The van der Waals surface area contributed by atoms with Crippen molar-refractivity contribution in [3.63, 3.8) is 0 Å². The molecule has 0 unspecified atom stereocenters. The van der Waals surface area contributed by atoms with Crippen molar-refractivity contribution >= 4 is 11.9 Å². The molecule has 0 bridgehead atoms. The predicted molar refractivity (Wildman–Crippen MR) is 84.4 cm³/mol. The van der Waals surface area contributed by atoms with Crippen LogP contribution in [0.4, 0.5) is 5.95 Å². The fourth-order valence-electron chi connectivity index (χ4n) is 2.66. The van der Waals surface area contributed by atoms with Gasteiger partial charge in [-0.2, -0.15) is 0 Å². The molecule has 1 aliphatic carbocycles. The minimum Gasteiger partial charge on any atom is -0.351 e. The van der Waals surface area contributed by atoms with Crippen LogP contribution in [0, 0.1) is 0 Å². The third kappa shape index (κ3) is 4.69. The van der Waals surface area contributed by atoms with Gasteiger partial charge in [0, 0.05) is 32.0 Å². The molecule has 1 aromatic heterocycles. The first-order valence-electron chi connectivity index (χ1n) is 8.04. The molecule has 1 N–H and O–H groups in total. The number of carbonyl (C=O) groups excluding carboxylic acids is 1. The van der Waals surface area contributed by atoms with Gasteiger partial charge < -0.3 is 10.2 Å². The van der Waals surface area contributed by atoms with Crippen molar-refractivity contribution in [3.05, 3.63) is 18.0 Å². The fraction of sp³-hybridized carbons (Fsp3) is 0.688. The number of aromatic nitrogens is 2. The van der Waals surface area contributed by atoms with Gasteiger partial charge >= 0.3 is 0 Å². The molecule has 1 amide bonds. The Morgan fingerprint density at radius 2 is 1.95 bits per heavy atom. The van der Waals surface area contributed by atoms with Crippen LogP contribution >= 0.6 is 0 Å². The zero-order chi connectivity index (χ0) is 15.1. The number of anilines is 1. The Balaban J connectivity index is 1.90. The van der Waals surface area contributed by atoms with Gasteiger partial charge in [0.15, 0.2) is 0 Å². The summed E-state index contributed by atoms with van der Waals surface area (Å²) in [5, 5.41) is 3.36. The summed E-state index contributed by atoms with van der Waals surface area (Å²) in [6.07, 6.45) is 11.6. The SMILES string of the molecule is CCCCN(C)C(=O)c1cnc(NC2CCCCC2)nc1. The molecule has 0 spiro atoms. The smallest absolute Gasteiger partial charge is 0.256 e. The van der Waals surface area contributed by atoms with Gasteiger partial charge in [-0.05, 0) is 19.3 Å². The van der Waals surface area contributed by atoms with Gasteiger partial charge in [0.2, 0.25) is 5.95 Å². The number of hydrogen-bond acceptors (Lipinski definition) is 4. The van der Waals surface area contributed by atoms with Crippen LogP contribution < -0.4 is 5.32 Å². The monoisotopic (exact) mass is 290 g/mol. The zero-order valence-electron chi connectivity index (χ0n) is 13.1. The largest absolute Gasteiger partial charge is 0.351 e. The van der Waals surface area contributed by atoms with Crippen LogP contribution in [-0.2, 0) is 0 Å². The van der Waals surface area contributed by atoms with Crippen LogP contribution in [0.25, 0.3) is 0 Å². The first-order chi connectivity index (χ1) is 10.2. The van der Waals surface area contributed by atoms with E-state index < -0.39 is 0 Å². The molecule has 21 heavy (non-hydrogen) atoms. The molecule has 0 aliphatic heterocycles. The van der Waals surface area contributed by atoms with Gasteiger partial charge in [-0.25, -0.2) is 9.97 Å². The minimum atomic E-state index is -0.00679. The second-order valence-electron chi connectivity index (χ2n) is 5.85. The van der Waals surface area contributed by atoms with Crippen molar-refractivity contribution in [2.75, 3.05) is 18.9 Å². The van der Waals surface area contributed by atoms with E-state index in [1.54, 1.807) is 17.3 Å². The summed E-state index contributed by atoms with van der Waals surface area (Å²) >= 11 is 0. The van der Waals surface area contributed by atoms with Crippen LogP contribution in [0.3, 0.4) is 0 Å². The molecule has 1 aliphatic rings. The molecule has 0 atom stereocenters. The van der Waals surface area contributed by atoms with E-state index in [0.29, 0.717) is 17.6 Å². The van der Waals surface area contributed by atoms with Crippen LogP contribution in [0.2, 0.25) is 0 Å². The highest BCUT2D eigenvalue weighted by Crippen LogP contribution is 2.20. The van der Waals surface area contributed by atoms with E-state index in [0.717, 1.165) is 19.4 Å². The summed E-state index contributed by atoms with van der Waals surface area (Å²) < 4.78 is 0. The highest BCUT2D eigenvalue weighted by atomic mass is 16.2. The number of hydrogen-bond donors (Lipinski definition) is 1. The third-order valence-electron chi connectivity index (χ3n) is 4.03. The van der Waals surface area contributed by atoms with Crippen molar-refractivity contribution < 1.29 is 4.79 Å². The molecule has 1 aromatic rings. The second-order valence-corrected chi connectivity index (χ2v) is 5.85. The molecule has 5 nitrogen and oxygen atoms in total. The Bertz CT molecular complexity index is 440. The van der Waals surface area contributed by atoms with E-state index in [2.05, 4.69) is 22.2 Å². The molecule has 0 radical (unpaired) electrons. The molecule has 1 heterocycles. The quantitative estimate of drug-likeness (QED) is 0.874. The standard InChI is InChI=1S/C16H26N4O/c1-3-4-10-20(2)15(21)13-11-17-16(18-12-13)19-14-8-6-5-7-9-14/h11-12,14H,3-10H2,1-2H3,(H,17,18,19). The summed E-state index contributed by atoms with van der Waals surface area (Å²) in [7, 11) is 1.83. The molecule has 0 aromatic carbocycles. The summed E-state index contributed by atoms with van der Waals surface area (Å²) in [6.45, 7) is 2.89. The molecule has 5 heteroatoms. The van der Waals surface area contributed by atoms with Gasteiger partial charge in [0.1, 0.15) is 0 Å². The lowest BCUT2D eigenvalue weighted by molar-refractivity contribution is 0.0792. The summed E-state index contributed by atoms with van der Waals surface area (Å²) in [6, 6.07) is 0.479. The summed E-state index contributed by atoms with van der Waals surface area (Å²) in [5.74, 6) is 0.627. The van der Waals surface area contributed by atoms with Gasteiger partial charge in [-0.3, -0.25) is 4.79 Å². The zero-order valence-corrected chi connectivity index (χ0v) is 13.1. The Morgan fingerprint density at radius 3 is 2.57 bits per heavy atom. The maximum Gasteiger partial charge on any atom is 0.256 e. The van der Waals surface area contributed by atoms with Crippen LogP contribution in [-0.4, -0.2) is 40.4 Å². The number of carbonyl (C=O) groups is 1. The van der Waals surface area contributed by atoms with Gasteiger partial charge in [-0.1, -0.05) is 32.6 Å². The highest BCUT2D eigenvalue weighted by molar-refractivity contribution is 5.93. The van der Waals surface area contributed by atoms with Crippen molar-refractivity contribution in [1.29, 1.82) is 0 Å². The Labute approximate surface area is 127 Å². The Hall–Kier alpha value is -1.65. The second kappa shape index (κ2) is 7.96. The van der Waals surface area contributed by atoms with E-state index in [1.165, 1.54) is 32.1 Å². The minimum absolute atomic E-state index is 0.00679. The van der Waals surface area contributed by atoms with E-state index in [9.17, 15) is 4.79 Å². The number of rotatable bonds is 6. The predicted octanol–water partition coefficient (Wildman–Crippen LogP) is 3.09. The molecular formula is C16H26N4O. The van der Waals surface area contributed by atoms with Gasteiger partial charge in [0.05, 0.1) is 5.56 Å². The summed E-state index contributed by atoms with van der Waals surface area (Å²) in [5.41, 5.74) is 0.558. The Morgan fingerprint density at radius 1 is 1.29 bits per heavy atom. The highest BCUT2D eigenvalue weighted by Gasteiger charge is 2.15. The average molecular weight is 290 g/mol. The van der Waals surface area contributed by atoms with E-state index in [-0.39, 0.29) is 5.91 Å². The third-order valence-corrected chi connectivity index (χ3v) is 4.03. The molecule has 116 valence electrons. The maximum absolute atomic E-state index is 12.2. The van der Waals surface area contributed by atoms with Crippen LogP contribution in [0.15, 0.2) is 12.4 Å². The normalized spacial score (nSPS) is 15.7. The average Bonchev–Trinajstić information content (AvgIpc) is 2.53. The fourth-order valence-corrected chi connectivity index (χ4v) is 2.66. The topological polar surface area (TPSA) is 58.1 Å². The van der Waals surface area contributed by atoms with Crippen molar-refractivity contribution in [2.45, 2.75) is 57.9 Å². The van der Waals surface area contributed by atoms with E-state index in [1.807, 2.05) is 7.05 Å². The Kier molecular flexibility index (Phi) is 5.96. The van der Waals surface area contributed by atoms with Gasteiger partial charge in [-0.15, -0.1) is 0 Å². The lowest BCUT2D eigenvalue weighted by Crippen LogP contribution is -2.28. The number of nitrogens with one attached hydrogen (secondary N) is 1. The first-order valence-corrected chi connectivity index (χ1v) is 8.04. The van der Waals surface area contributed by atoms with Crippen LogP contribution in [0.1, 0.15) is 62.2 Å². The molecule has 1 fully saturated rings. The number of unbranched alkanes of at least 4 members (excludes halogenated alkanes) is 1. The molecule has 1 saturated carbocycles. The summed E-state index contributed by atoms with van der Waals surface area (Å²) in [4.78, 5) is 22.5. The van der Waals surface area contributed by atoms with Crippen molar-refractivity contribution in [1.82, 2.24) is 14.9 Å². The van der Waals surface area contributed by atoms with E-state index >= 15 is 0 Å². The van der Waals surface area contributed by atoms with Crippen molar-refractivity contribution in [2.24, 2.45) is 0 Å². The molecular weight excluding hydrogens is 264 g/mol. The van der Waals surface area contributed by atoms with E-state index in [4.69, 9.17) is 0 Å². The lowest BCUT2D eigenvalue weighted by Gasteiger charge is -2.22. The molecule has 2 rings (SSSR count). The maximum atomic E-state index is 12.2. The number of nitrogens with zero attached hydrogens (tertiary/aromatic N) is 3. The first kappa shape index (κ1) is 15.7. The van der Waals surface area contributed by atoms with Gasteiger partial charge in [0.25, 0.3) is 5.91 Å². The molecule has 0 saturated heterocycles. The van der Waals surface area contributed by atoms with Crippen LogP contribution in [0.5, 0.6) is 0 Å².